The zero-order valence-electron chi connectivity index (χ0n) is 19.8. The maximum Gasteiger partial charge on any atom is 0.248 e. The van der Waals surface area contributed by atoms with Gasteiger partial charge >= 0.3 is 0 Å². The van der Waals surface area contributed by atoms with Gasteiger partial charge in [0.1, 0.15) is 12.4 Å². The summed E-state index contributed by atoms with van der Waals surface area (Å²) in [5, 5.41) is 0. The first-order valence-corrected chi connectivity index (χ1v) is 13.0. The van der Waals surface area contributed by atoms with Crippen LogP contribution in [-0.4, -0.2) is 94.1 Å². The summed E-state index contributed by atoms with van der Waals surface area (Å²) < 4.78 is 39.5. The van der Waals surface area contributed by atoms with E-state index < -0.39 is 10.0 Å². The van der Waals surface area contributed by atoms with E-state index >= 15 is 0 Å². The van der Waals surface area contributed by atoms with Gasteiger partial charge in [0.05, 0.1) is 18.6 Å². The van der Waals surface area contributed by atoms with Crippen molar-refractivity contribution in [3.8, 4) is 5.75 Å². The summed E-state index contributed by atoms with van der Waals surface area (Å²) in [6, 6.07) is 3.25. The molecule has 0 unspecified atom stereocenters. The van der Waals surface area contributed by atoms with Gasteiger partial charge in [-0.1, -0.05) is 6.92 Å². The minimum absolute atomic E-state index is 0.00123. The van der Waals surface area contributed by atoms with Crippen molar-refractivity contribution in [2.24, 2.45) is 0 Å². The van der Waals surface area contributed by atoms with Gasteiger partial charge in [0.2, 0.25) is 15.9 Å². The number of sulfonamides is 1. The number of ether oxygens (including phenoxy) is 2. The summed E-state index contributed by atoms with van der Waals surface area (Å²) in [5.74, 6) is 0.629. The van der Waals surface area contributed by atoms with Crippen LogP contribution in [0.4, 0.5) is 0 Å². The molecule has 0 aromatic heterocycles. The maximum absolute atomic E-state index is 13.5. The van der Waals surface area contributed by atoms with E-state index in [-0.39, 0.29) is 25.2 Å². The number of benzene rings is 1. The van der Waals surface area contributed by atoms with Gasteiger partial charge in [0.15, 0.2) is 0 Å². The zero-order chi connectivity index (χ0) is 23.3. The maximum atomic E-state index is 13.5. The molecule has 2 heterocycles. The fourth-order valence-corrected chi connectivity index (χ4v) is 6.85. The molecule has 32 heavy (non-hydrogen) atoms. The number of aryl methyl sites for hydroxylation is 2. The van der Waals surface area contributed by atoms with Crippen LogP contribution in [-0.2, 0) is 19.6 Å². The first kappa shape index (κ1) is 25.0. The van der Waals surface area contributed by atoms with Crippen LogP contribution in [0.15, 0.2) is 17.0 Å². The number of carbonyl (C=O) groups is 1. The molecule has 180 valence electrons. The number of rotatable bonds is 9. The third kappa shape index (κ3) is 5.62. The quantitative estimate of drug-likeness (QED) is 0.553. The minimum Gasteiger partial charge on any atom is -0.497 e. The van der Waals surface area contributed by atoms with Crippen molar-refractivity contribution < 1.29 is 22.7 Å². The monoisotopic (exact) mass is 467 g/mol. The highest BCUT2D eigenvalue weighted by Gasteiger charge is 2.37. The molecule has 0 bridgehead atoms. The number of piperazine rings is 1. The summed E-state index contributed by atoms with van der Waals surface area (Å²) in [4.78, 5) is 17.1. The Bertz CT molecular complexity index is 874. The molecule has 9 heteroatoms. The highest BCUT2D eigenvalue weighted by Crippen LogP contribution is 2.32. The normalized spacial score (nSPS) is 20.6. The Labute approximate surface area is 192 Å². The van der Waals surface area contributed by atoms with Gasteiger partial charge in [-0.05, 0) is 62.9 Å². The third-order valence-corrected chi connectivity index (χ3v) is 8.62. The van der Waals surface area contributed by atoms with Crippen molar-refractivity contribution in [2.75, 3.05) is 59.6 Å². The lowest BCUT2D eigenvalue weighted by Crippen LogP contribution is -2.50. The van der Waals surface area contributed by atoms with Gasteiger partial charge in [-0.2, -0.15) is 4.31 Å². The second-order valence-electron chi connectivity index (χ2n) is 8.74. The number of hydrogen-bond acceptors (Lipinski definition) is 6. The topological polar surface area (TPSA) is 79.4 Å². The second kappa shape index (κ2) is 11.0. The van der Waals surface area contributed by atoms with Crippen LogP contribution >= 0.6 is 0 Å². The molecule has 2 fully saturated rings. The van der Waals surface area contributed by atoms with Crippen molar-refractivity contribution in [2.45, 2.75) is 51.0 Å². The fraction of sp³-hybridized carbons (Fsp3) is 0.696. The molecule has 8 nitrogen and oxygen atoms in total. The number of carbonyl (C=O) groups excluding carboxylic acids is 1. The molecule has 0 saturated carbocycles. The van der Waals surface area contributed by atoms with Crippen LogP contribution in [0.2, 0.25) is 0 Å². The van der Waals surface area contributed by atoms with Crippen molar-refractivity contribution in [1.29, 1.82) is 0 Å². The lowest BCUT2D eigenvalue weighted by molar-refractivity contribution is -0.138. The summed E-state index contributed by atoms with van der Waals surface area (Å²) in [6.07, 6.45) is 2.64. The Morgan fingerprint density at radius 2 is 1.75 bits per heavy atom. The van der Waals surface area contributed by atoms with E-state index in [0.717, 1.165) is 52.0 Å². The predicted molar refractivity (Wildman–Crippen MR) is 124 cm³/mol. The van der Waals surface area contributed by atoms with E-state index in [0.29, 0.717) is 28.3 Å². The number of hydrogen-bond donors (Lipinski definition) is 0. The van der Waals surface area contributed by atoms with Crippen molar-refractivity contribution in [3.63, 3.8) is 0 Å². The van der Waals surface area contributed by atoms with Crippen LogP contribution in [0.5, 0.6) is 5.75 Å². The number of nitrogens with zero attached hydrogens (tertiary/aromatic N) is 3. The first-order valence-electron chi connectivity index (χ1n) is 11.5. The molecular formula is C23H37N3O5S. The summed E-state index contributed by atoms with van der Waals surface area (Å²) >= 11 is 0. The molecule has 0 aliphatic carbocycles. The largest absolute Gasteiger partial charge is 0.497 e. The molecule has 1 aromatic rings. The molecule has 0 N–H and O–H groups in total. The SMILES string of the molecule is CCCN1CCN(C(=O)COC[C@@H]2CCCN2S(=O)(=O)c2c(C)cc(OC)cc2C)CC1. The summed E-state index contributed by atoms with van der Waals surface area (Å²) in [6.45, 7) is 10.8. The lowest BCUT2D eigenvalue weighted by Gasteiger charge is -2.34. The van der Waals surface area contributed by atoms with Crippen molar-refractivity contribution >= 4 is 15.9 Å². The summed E-state index contributed by atoms with van der Waals surface area (Å²) in [7, 11) is -2.09. The Hall–Kier alpha value is -1.68. The van der Waals surface area contributed by atoms with E-state index in [1.165, 1.54) is 0 Å². The molecule has 0 radical (unpaired) electrons. The van der Waals surface area contributed by atoms with Crippen LogP contribution in [0.3, 0.4) is 0 Å². The van der Waals surface area contributed by atoms with E-state index in [4.69, 9.17) is 9.47 Å². The van der Waals surface area contributed by atoms with Gasteiger partial charge in [-0.3, -0.25) is 9.69 Å². The van der Waals surface area contributed by atoms with Gasteiger partial charge in [-0.25, -0.2) is 8.42 Å². The molecule has 1 amide bonds. The number of amides is 1. The standard InChI is InChI=1S/C23H37N3O5S/c1-5-8-24-10-12-25(13-11-24)22(27)17-31-16-20-7-6-9-26(20)32(28,29)23-18(2)14-21(30-4)15-19(23)3/h14-15,20H,5-13,16-17H2,1-4H3/t20-/m0/s1. The van der Waals surface area contributed by atoms with E-state index in [9.17, 15) is 13.2 Å². The van der Waals surface area contributed by atoms with E-state index in [1.54, 1.807) is 37.4 Å². The molecule has 3 rings (SSSR count). The van der Waals surface area contributed by atoms with Gasteiger partial charge < -0.3 is 14.4 Å². The molecule has 1 aromatic carbocycles. The predicted octanol–water partition coefficient (Wildman–Crippen LogP) is 2.04. The third-order valence-electron chi connectivity index (χ3n) is 6.36. The van der Waals surface area contributed by atoms with Gasteiger partial charge in [0, 0.05) is 38.8 Å². The van der Waals surface area contributed by atoms with Crippen LogP contribution in [0.25, 0.3) is 0 Å². The molecule has 0 spiro atoms. The summed E-state index contributed by atoms with van der Waals surface area (Å²) in [5.41, 5.74) is 1.34. The molecular weight excluding hydrogens is 430 g/mol. The molecule has 2 aliphatic rings. The Balaban J connectivity index is 1.57. The van der Waals surface area contributed by atoms with Crippen LogP contribution in [0.1, 0.15) is 37.3 Å². The highest BCUT2D eigenvalue weighted by molar-refractivity contribution is 7.89. The Morgan fingerprint density at radius 1 is 1.09 bits per heavy atom. The van der Waals surface area contributed by atoms with E-state index in [2.05, 4.69) is 11.8 Å². The minimum atomic E-state index is -3.66. The molecule has 1 atom stereocenters. The lowest BCUT2D eigenvalue weighted by atomic mass is 10.1. The fourth-order valence-electron chi connectivity index (χ4n) is 4.76. The molecule has 2 saturated heterocycles. The van der Waals surface area contributed by atoms with Gasteiger partial charge in [0.25, 0.3) is 0 Å². The van der Waals surface area contributed by atoms with Crippen LogP contribution in [0, 0.1) is 13.8 Å². The van der Waals surface area contributed by atoms with Crippen molar-refractivity contribution in [3.05, 3.63) is 23.3 Å². The number of methoxy groups -OCH3 is 1. The Morgan fingerprint density at radius 3 is 2.34 bits per heavy atom. The zero-order valence-corrected chi connectivity index (χ0v) is 20.6. The van der Waals surface area contributed by atoms with E-state index in [1.807, 2.05) is 4.90 Å². The smallest absolute Gasteiger partial charge is 0.248 e. The second-order valence-corrected chi connectivity index (χ2v) is 10.6. The average molecular weight is 468 g/mol. The van der Waals surface area contributed by atoms with Crippen molar-refractivity contribution in [1.82, 2.24) is 14.1 Å². The highest BCUT2D eigenvalue weighted by atomic mass is 32.2. The Kier molecular flexibility index (Phi) is 8.55. The average Bonchev–Trinajstić information content (AvgIpc) is 3.23. The molecule has 2 aliphatic heterocycles. The first-order chi connectivity index (χ1) is 15.3. The van der Waals surface area contributed by atoms with Gasteiger partial charge in [-0.15, -0.1) is 0 Å². The van der Waals surface area contributed by atoms with Crippen LogP contribution < -0.4 is 4.74 Å².